The molecule has 0 saturated carbocycles. The van der Waals surface area contributed by atoms with Crippen molar-refractivity contribution in [2.75, 3.05) is 13.6 Å². The molecule has 112 valence electrons. The first-order valence-corrected chi connectivity index (χ1v) is 6.44. The zero-order chi connectivity index (χ0) is 15.5. The van der Waals surface area contributed by atoms with Crippen molar-refractivity contribution < 1.29 is 23.1 Å². The highest BCUT2D eigenvalue weighted by molar-refractivity contribution is 5.90. The molecule has 0 unspecified atom stereocenters. The molecule has 0 bridgehead atoms. The van der Waals surface area contributed by atoms with E-state index in [4.69, 9.17) is 5.11 Å². The van der Waals surface area contributed by atoms with Crippen molar-refractivity contribution in [1.29, 1.82) is 0 Å². The lowest BCUT2D eigenvalue weighted by Crippen LogP contribution is -2.28. The summed E-state index contributed by atoms with van der Waals surface area (Å²) in [6.45, 7) is 5.13. The molecule has 6 heteroatoms. The first-order valence-electron chi connectivity index (χ1n) is 6.44. The zero-order valence-corrected chi connectivity index (χ0v) is 11.7. The first kappa shape index (κ1) is 16.5. The average Bonchev–Trinajstić information content (AvgIpc) is 2.38. The second-order valence-corrected chi connectivity index (χ2v) is 4.46. The van der Waals surface area contributed by atoms with Gasteiger partial charge in [0.1, 0.15) is 0 Å². The molecule has 1 heterocycles. The SMILES string of the molecule is CC.CN1CCc2cc(C(=O)O)c(C(F)(F)F)cc2C1. The lowest BCUT2D eigenvalue weighted by molar-refractivity contribution is -0.138. The van der Waals surface area contributed by atoms with Crippen LogP contribution in [0.4, 0.5) is 13.2 Å². The van der Waals surface area contributed by atoms with E-state index in [2.05, 4.69) is 0 Å². The number of rotatable bonds is 1. The molecule has 0 saturated heterocycles. The molecule has 20 heavy (non-hydrogen) atoms. The van der Waals surface area contributed by atoms with Gasteiger partial charge in [-0.3, -0.25) is 0 Å². The van der Waals surface area contributed by atoms with Crippen molar-refractivity contribution in [2.45, 2.75) is 33.0 Å². The van der Waals surface area contributed by atoms with Crippen LogP contribution in [0.15, 0.2) is 12.1 Å². The Hall–Kier alpha value is -1.56. The van der Waals surface area contributed by atoms with E-state index < -0.39 is 23.3 Å². The Morgan fingerprint density at radius 3 is 2.35 bits per heavy atom. The van der Waals surface area contributed by atoms with Crippen LogP contribution in [0.5, 0.6) is 0 Å². The van der Waals surface area contributed by atoms with Gasteiger partial charge in [-0.15, -0.1) is 0 Å². The highest BCUT2D eigenvalue weighted by Gasteiger charge is 2.36. The summed E-state index contributed by atoms with van der Waals surface area (Å²) in [4.78, 5) is 12.8. The predicted molar refractivity (Wildman–Crippen MR) is 69.8 cm³/mol. The van der Waals surface area contributed by atoms with Crippen molar-refractivity contribution in [2.24, 2.45) is 0 Å². The molecule has 0 aliphatic carbocycles. The van der Waals surface area contributed by atoms with E-state index in [1.165, 1.54) is 0 Å². The Morgan fingerprint density at radius 1 is 1.25 bits per heavy atom. The number of carbonyl (C=O) groups is 1. The minimum atomic E-state index is -4.64. The summed E-state index contributed by atoms with van der Waals surface area (Å²) in [6, 6.07) is 2.13. The van der Waals surface area contributed by atoms with Gasteiger partial charge in [0.2, 0.25) is 0 Å². The van der Waals surface area contributed by atoms with Gasteiger partial charge in [-0.1, -0.05) is 13.8 Å². The molecule has 0 amide bonds. The number of halogens is 3. The monoisotopic (exact) mass is 289 g/mol. The largest absolute Gasteiger partial charge is 0.478 e. The molecule has 1 aromatic carbocycles. The molecular weight excluding hydrogens is 271 g/mol. The van der Waals surface area contributed by atoms with E-state index in [0.717, 1.165) is 18.7 Å². The van der Waals surface area contributed by atoms with Crippen LogP contribution in [-0.4, -0.2) is 29.6 Å². The van der Waals surface area contributed by atoms with E-state index in [-0.39, 0.29) is 0 Å². The maximum atomic E-state index is 12.8. The molecule has 0 atom stereocenters. The lowest BCUT2D eigenvalue weighted by Gasteiger charge is -2.26. The van der Waals surface area contributed by atoms with E-state index in [1.807, 2.05) is 25.8 Å². The van der Waals surface area contributed by atoms with Crippen LogP contribution in [0.2, 0.25) is 0 Å². The third-order valence-corrected chi connectivity index (χ3v) is 3.08. The van der Waals surface area contributed by atoms with Crippen LogP contribution in [0.3, 0.4) is 0 Å². The molecule has 1 aliphatic heterocycles. The second-order valence-electron chi connectivity index (χ2n) is 4.46. The van der Waals surface area contributed by atoms with Gasteiger partial charge in [-0.2, -0.15) is 13.2 Å². The van der Waals surface area contributed by atoms with Crippen LogP contribution >= 0.6 is 0 Å². The van der Waals surface area contributed by atoms with Gasteiger partial charge in [-0.05, 0) is 36.7 Å². The summed E-state index contributed by atoms with van der Waals surface area (Å²) in [5.41, 5.74) is -0.477. The molecule has 2 rings (SSSR count). The number of nitrogens with zero attached hydrogens (tertiary/aromatic N) is 1. The standard InChI is InChI=1S/C12H12F3NO2.C2H6/c1-16-3-2-7-4-9(11(17)18)10(12(13,14)15)5-8(7)6-16;1-2/h4-5H,2-3,6H2,1H3,(H,17,18);1-2H3. The number of aromatic carboxylic acids is 1. The van der Waals surface area contributed by atoms with Crippen LogP contribution in [0, 0.1) is 0 Å². The maximum Gasteiger partial charge on any atom is 0.417 e. The van der Waals surface area contributed by atoms with Gasteiger partial charge in [0, 0.05) is 13.1 Å². The Bertz CT molecular complexity index is 498. The Morgan fingerprint density at radius 2 is 1.85 bits per heavy atom. The summed E-state index contributed by atoms with van der Waals surface area (Å²) in [5.74, 6) is -1.54. The number of hydrogen-bond donors (Lipinski definition) is 1. The molecule has 0 aromatic heterocycles. The van der Waals surface area contributed by atoms with E-state index in [9.17, 15) is 18.0 Å². The quantitative estimate of drug-likeness (QED) is 0.861. The van der Waals surface area contributed by atoms with Crippen LogP contribution < -0.4 is 0 Å². The highest BCUT2D eigenvalue weighted by Crippen LogP contribution is 2.35. The Kier molecular flexibility index (Phi) is 5.16. The molecule has 0 fully saturated rings. The zero-order valence-electron chi connectivity index (χ0n) is 11.7. The smallest absolute Gasteiger partial charge is 0.417 e. The van der Waals surface area contributed by atoms with Crippen LogP contribution in [0.1, 0.15) is 40.9 Å². The van der Waals surface area contributed by atoms with Crippen molar-refractivity contribution >= 4 is 5.97 Å². The first-order chi connectivity index (χ1) is 9.29. The lowest BCUT2D eigenvalue weighted by atomic mass is 9.93. The fourth-order valence-corrected chi connectivity index (χ4v) is 2.16. The number of carboxylic acid groups (broad SMARTS) is 1. The van der Waals surface area contributed by atoms with Crippen molar-refractivity contribution in [3.05, 3.63) is 34.4 Å². The molecule has 1 N–H and O–H groups in total. The van der Waals surface area contributed by atoms with Crippen molar-refractivity contribution in [1.82, 2.24) is 4.90 Å². The molecular formula is C14H18F3NO2. The summed E-state index contributed by atoms with van der Waals surface area (Å²) in [5, 5.41) is 8.87. The summed E-state index contributed by atoms with van der Waals surface area (Å²) in [6.07, 6.45) is -4.07. The molecule has 0 radical (unpaired) electrons. The Balaban J connectivity index is 0.000000956. The third-order valence-electron chi connectivity index (χ3n) is 3.08. The van der Waals surface area contributed by atoms with Crippen molar-refractivity contribution in [3.63, 3.8) is 0 Å². The minimum absolute atomic E-state index is 0.415. The number of likely N-dealkylation sites (N-methyl/N-ethyl adjacent to an activating group) is 1. The van der Waals surface area contributed by atoms with E-state index >= 15 is 0 Å². The third kappa shape index (κ3) is 3.50. The molecule has 0 spiro atoms. The van der Waals surface area contributed by atoms with Gasteiger partial charge >= 0.3 is 12.1 Å². The molecule has 1 aromatic rings. The summed E-state index contributed by atoms with van der Waals surface area (Å²) >= 11 is 0. The van der Waals surface area contributed by atoms with Gasteiger partial charge < -0.3 is 10.0 Å². The van der Waals surface area contributed by atoms with Crippen LogP contribution in [-0.2, 0) is 19.1 Å². The maximum absolute atomic E-state index is 12.8. The average molecular weight is 289 g/mol. The van der Waals surface area contributed by atoms with Crippen LogP contribution in [0.25, 0.3) is 0 Å². The fourth-order valence-electron chi connectivity index (χ4n) is 2.16. The predicted octanol–water partition coefficient (Wildman–Crippen LogP) is 3.42. The number of benzene rings is 1. The van der Waals surface area contributed by atoms with Crippen molar-refractivity contribution in [3.8, 4) is 0 Å². The summed E-state index contributed by atoms with van der Waals surface area (Å²) < 4.78 is 38.4. The van der Waals surface area contributed by atoms with Gasteiger partial charge in [-0.25, -0.2) is 4.79 Å². The minimum Gasteiger partial charge on any atom is -0.478 e. The fraction of sp³-hybridized carbons (Fsp3) is 0.500. The molecule has 1 aliphatic rings. The number of hydrogen-bond acceptors (Lipinski definition) is 2. The van der Waals surface area contributed by atoms with Gasteiger partial charge in [0.15, 0.2) is 0 Å². The Labute approximate surface area is 116 Å². The summed E-state index contributed by atoms with van der Waals surface area (Å²) in [7, 11) is 1.82. The number of fused-ring (bicyclic) bond motifs is 1. The number of alkyl halides is 3. The number of carboxylic acids is 1. The van der Waals surface area contributed by atoms with E-state index in [1.54, 1.807) is 0 Å². The van der Waals surface area contributed by atoms with Gasteiger partial charge in [0.25, 0.3) is 0 Å². The van der Waals surface area contributed by atoms with E-state index in [0.29, 0.717) is 24.1 Å². The normalized spacial score (nSPS) is 15.1. The molecule has 3 nitrogen and oxygen atoms in total. The topological polar surface area (TPSA) is 40.5 Å². The highest BCUT2D eigenvalue weighted by atomic mass is 19.4. The van der Waals surface area contributed by atoms with Gasteiger partial charge in [0.05, 0.1) is 11.1 Å². The second kappa shape index (κ2) is 6.26.